The molecule has 5 heteroatoms. The van der Waals surface area contributed by atoms with Gasteiger partial charge in [0.2, 0.25) is 0 Å². The van der Waals surface area contributed by atoms with Gasteiger partial charge in [-0.15, -0.1) is 0 Å². The molecule has 3 aromatic rings. The van der Waals surface area contributed by atoms with Gasteiger partial charge in [0.25, 0.3) is 5.91 Å². The zero-order valence-electron chi connectivity index (χ0n) is 14.9. The van der Waals surface area contributed by atoms with Gasteiger partial charge in [0, 0.05) is 10.2 Å². The smallest absolute Gasteiger partial charge is 0.259 e. The summed E-state index contributed by atoms with van der Waals surface area (Å²) in [7, 11) is 0. The van der Waals surface area contributed by atoms with Crippen molar-refractivity contribution in [1.82, 2.24) is 0 Å². The van der Waals surface area contributed by atoms with Crippen LogP contribution in [0.2, 0.25) is 0 Å². The van der Waals surface area contributed by atoms with Crippen molar-refractivity contribution in [3.63, 3.8) is 0 Å². The molecule has 0 atom stereocenters. The molecule has 0 fully saturated rings. The van der Waals surface area contributed by atoms with E-state index in [1.165, 1.54) is 0 Å². The molecule has 0 aliphatic heterocycles. The van der Waals surface area contributed by atoms with Crippen molar-refractivity contribution < 1.29 is 14.3 Å². The summed E-state index contributed by atoms with van der Waals surface area (Å²) in [4.78, 5) is 12.6. The Balaban J connectivity index is 1.64. The van der Waals surface area contributed by atoms with Crippen LogP contribution >= 0.6 is 15.9 Å². The molecule has 0 saturated heterocycles. The molecule has 0 heterocycles. The molecule has 0 aromatic heterocycles. The fourth-order valence-corrected chi connectivity index (χ4v) is 2.90. The first-order chi connectivity index (χ1) is 13.2. The summed E-state index contributed by atoms with van der Waals surface area (Å²) >= 11 is 3.40. The zero-order chi connectivity index (χ0) is 19.1. The van der Waals surface area contributed by atoms with Gasteiger partial charge in [-0.25, -0.2) is 0 Å². The maximum atomic E-state index is 12.6. The highest BCUT2D eigenvalue weighted by atomic mass is 79.9. The lowest BCUT2D eigenvalue weighted by molar-refractivity contribution is 0.102. The predicted octanol–water partition coefficient (Wildman–Crippen LogP) is 5.68. The minimum absolute atomic E-state index is 0.224. The Kier molecular flexibility index (Phi) is 6.49. The van der Waals surface area contributed by atoms with Crippen molar-refractivity contribution in [1.29, 1.82) is 0 Å². The predicted molar refractivity (Wildman–Crippen MR) is 110 cm³/mol. The number of halogens is 1. The van der Waals surface area contributed by atoms with Gasteiger partial charge in [0.15, 0.2) is 0 Å². The van der Waals surface area contributed by atoms with Gasteiger partial charge >= 0.3 is 0 Å². The van der Waals surface area contributed by atoms with E-state index in [0.29, 0.717) is 30.2 Å². The van der Waals surface area contributed by atoms with Crippen LogP contribution in [-0.4, -0.2) is 12.5 Å². The molecule has 0 aliphatic carbocycles. The summed E-state index contributed by atoms with van der Waals surface area (Å²) in [5.41, 5.74) is 2.28. The third kappa shape index (κ3) is 5.34. The topological polar surface area (TPSA) is 47.6 Å². The van der Waals surface area contributed by atoms with Gasteiger partial charge < -0.3 is 14.8 Å². The average Bonchev–Trinajstić information content (AvgIpc) is 2.70. The van der Waals surface area contributed by atoms with E-state index >= 15 is 0 Å². The molecular weight excluding hydrogens is 406 g/mol. The minimum atomic E-state index is -0.224. The molecule has 0 aliphatic rings. The van der Waals surface area contributed by atoms with Crippen molar-refractivity contribution in [2.24, 2.45) is 0 Å². The number of rotatable bonds is 7. The molecule has 0 spiro atoms. The van der Waals surface area contributed by atoms with E-state index in [1.807, 2.05) is 67.6 Å². The Bertz CT molecular complexity index is 895. The SMILES string of the molecule is CCOc1ccc(Br)cc1C(=O)Nc1ccc(OCc2ccccc2)cc1. The Hall–Kier alpha value is -2.79. The van der Waals surface area contributed by atoms with Crippen LogP contribution in [0.15, 0.2) is 77.3 Å². The van der Waals surface area contributed by atoms with E-state index in [1.54, 1.807) is 12.1 Å². The molecule has 1 N–H and O–H groups in total. The van der Waals surface area contributed by atoms with E-state index in [2.05, 4.69) is 21.2 Å². The van der Waals surface area contributed by atoms with Crippen LogP contribution in [0.1, 0.15) is 22.8 Å². The van der Waals surface area contributed by atoms with E-state index < -0.39 is 0 Å². The zero-order valence-corrected chi connectivity index (χ0v) is 16.5. The third-order valence-electron chi connectivity index (χ3n) is 3.85. The number of hydrogen-bond acceptors (Lipinski definition) is 3. The molecule has 0 saturated carbocycles. The highest BCUT2D eigenvalue weighted by Gasteiger charge is 2.13. The lowest BCUT2D eigenvalue weighted by Crippen LogP contribution is -2.13. The van der Waals surface area contributed by atoms with Gasteiger partial charge in [-0.2, -0.15) is 0 Å². The van der Waals surface area contributed by atoms with Crippen LogP contribution in [0.3, 0.4) is 0 Å². The molecule has 138 valence electrons. The Morgan fingerprint density at radius 3 is 2.41 bits per heavy atom. The first kappa shape index (κ1) is 19.0. The van der Waals surface area contributed by atoms with Crippen molar-refractivity contribution in [3.8, 4) is 11.5 Å². The number of nitrogens with one attached hydrogen (secondary N) is 1. The largest absolute Gasteiger partial charge is 0.493 e. The maximum absolute atomic E-state index is 12.6. The summed E-state index contributed by atoms with van der Waals surface area (Å²) < 4.78 is 12.1. The monoisotopic (exact) mass is 425 g/mol. The Morgan fingerprint density at radius 1 is 0.963 bits per heavy atom. The summed E-state index contributed by atoms with van der Waals surface area (Å²) in [6, 6.07) is 22.7. The highest BCUT2D eigenvalue weighted by Crippen LogP contribution is 2.25. The van der Waals surface area contributed by atoms with Crippen molar-refractivity contribution in [2.75, 3.05) is 11.9 Å². The van der Waals surface area contributed by atoms with Crippen LogP contribution in [0.4, 0.5) is 5.69 Å². The Morgan fingerprint density at radius 2 is 1.70 bits per heavy atom. The number of benzene rings is 3. The first-order valence-corrected chi connectivity index (χ1v) is 9.45. The fraction of sp³-hybridized carbons (Fsp3) is 0.136. The number of anilines is 1. The van der Waals surface area contributed by atoms with Crippen molar-refractivity contribution in [3.05, 3.63) is 88.4 Å². The molecule has 0 bridgehead atoms. The normalized spacial score (nSPS) is 10.3. The van der Waals surface area contributed by atoms with Crippen LogP contribution in [0.5, 0.6) is 11.5 Å². The second-order valence-corrected chi connectivity index (χ2v) is 6.74. The van der Waals surface area contributed by atoms with E-state index in [-0.39, 0.29) is 5.91 Å². The fourth-order valence-electron chi connectivity index (χ4n) is 2.53. The first-order valence-electron chi connectivity index (χ1n) is 8.66. The summed E-state index contributed by atoms with van der Waals surface area (Å²) in [5, 5.41) is 2.89. The number of amides is 1. The second-order valence-electron chi connectivity index (χ2n) is 5.83. The van der Waals surface area contributed by atoms with Crippen molar-refractivity contribution >= 4 is 27.5 Å². The molecule has 0 radical (unpaired) electrons. The van der Waals surface area contributed by atoms with Gasteiger partial charge in [-0.1, -0.05) is 46.3 Å². The van der Waals surface area contributed by atoms with Gasteiger partial charge in [-0.3, -0.25) is 4.79 Å². The lowest BCUT2D eigenvalue weighted by atomic mass is 10.2. The van der Waals surface area contributed by atoms with Crippen LogP contribution in [0, 0.1) is 0 Å². The van der Waals surface area contributed by atoms with E-state index in [0.717, 1.165) is 15.8 Å². The van der Waals surface area contributed by atoms with Gasteiger partial charge in [-0.05, 0) is 55.0 Å². The molecule has 0 unspecified atom stereocenters. The van der Waals surface area contributed by atoms with E-state index in [9.17, 15) is 4.79 Å². The summed E-state index contributed by atoms with van der Waals surface area (Å²) in [5.74, 6) is 1.08. The van der Waals surface area contributed by atoms with Crippen LogP contribution in [-0.2, 0) is 6.61 Å². The number of carbonyl (C=O) groups excluding carboxylic acids is 1. The molecule has 3 rings (SSSR count). The maximum Gasteiger partial charge on any atom is 0.259 e. The third-order valence-corrected chi connectivity index (χ3v) is 4.34. The average molecular weight is 426 g/mol. The second kappa shape index (κ2) is 9.24. The van der Waals surface area contributed by atoms with Gasteiger partial charge in [0.05, 0.1) is 12.2 Å². The molecule has 27 heavy (non-hydrogen) atoms. The summed E-state index contributed by atoms with van der Waals surface area (Å²) in [6.07, 6.45) is 0. The van der Waals surface area contributed by atoms with Crippen LogP contribution in [0.25, 0.3) is 0 Å². The van der Waals surface area contributed by atoms with Gasteiger partial charge in [0.1, 0.15) is 18.1 Å². The lowest BCUT2D eigenvalue weighted by Gasteiger charge is -2.12. The minimum Gasteiger partial charge on any atom is -0.493 e. The Labute approximate surface area is 167 Å². The molecular formula is C22H20BrNO3. The standard InChI is InChI=1S/C22H20BrNO3/c1-2-26-21-13-8-17(23)14-20(21)22(25)24-18-9-11-19(12-10-18)27-15-16-6-4-3-5-7-16/h3-14H,2,15H2,1H3,(H,24,25). The van der Waals surface area contributed by atoms with E-state index in [4.69, 9.17) is 9.47 Å². The van der Waals surface area contributed by atoms with Crippen molar-refractivity contribution in [2.45, 2.75) is 13.5 Å². The number of hydrogen-bond donors (Lipinski definition) is 1. The molecule has 3 aromatic carbocycles. The number of carbonyl (C=O) groups is 1. The highest BCUT2D eigenvalue weighted by molar-refractivity contribution is 9.10. The molecule has 4 nitrogen and oxygen atoms in total. The summed E-state index contributed by atoms with van der Waals surface area (Å²) in [6.45, 7) is 2.88. The number of ether oxygens (including phenoxy) is 2. The van der Waals surface area contributed by atoms with Crippen LogP contribution < -0.4 is 14.8 Å². The molecule has 1 amide bonds. The quantitative estimate of drug-likeness (QED) is 0.529.